The predicted octanol–water partition coefficient (Wildman–Crippen LogP) is 2.68. The van der Waals surface area contributed by atoms with Crippen molar-refractivity contribution in [2.45, 2.75) is 18.1 Å². The van der Waals surface area contributed by atoms with Crippen LogP contribution in [0.2, 0.25) is 0 Å². The first kappa shape index (κ1) is 25.9. The van der Waals surface area contributed by atoms with E-state index in [0.717, 1.165) is 7.11 Å². The van der Waals surface area contributed by atoms with Gasteiger partial charge in [-0.2, -0.15) is 17.2 Å². The Morgan fingerprint density at radius 3 is 2.00 bits per heavy atom. The Morgan fingerprint density at radius 1 is 1.00 bits per heavy atom. The smallest absolute Gasteiger partial charge is 0.338 e. The topological polar surface area (TPSA) is 118 Å². The highest BCUT2D eigenvalue weighted by molar-refractivity contribution is 7.86. The Balaban J connectivity index is 2.37. The fourth-order valence-electron chi connectivity index (χ4n) is 2.56. The first-order valence-electron chi connectivity index (χ1n) is 9.35. The molecule has 9 nitrogen and oxygen atoms in total. The molecule has 0 saturated carbocycles. The molecule has 0 aliphatic heterocycles. The minimum absolute atomic E-state index is 0.0214. The summed E-state index contributed by atoms with van der Waals surface area (Å²) in [6, 6.07) is 14.7. The molecule has 178 valence electrons. The predicted molar refractivity (Wildman–Crippen MR) is 113 cm³/mol. The van der Waals surface area contributed by atoms with Crippen molar-refractivity contribution in [3.8, 4) is 0 Å². The molecule has 0 saturated heterocycles. The summed E-state index contributed by atoms with van der Waals surface area (Å²) in [4.78, 5) is 29.0. The minimum Gasteiger partial charge on any atom is -0.459 e. The number of benzene rings is 2. The Labute approximate surface area is 189 Å². The molecular weight excluding hydrogens is 464 g/mol. The summed E-state index contributed by atoms with van der Waals surface area (Å²) in [6.07, 6.45) is -4.04. The maximum atomic E-state index is 14.9. The Hall–Kier alpha value is -3.38. The summed E-state index contributed by atoms with van der Waals surface area (Å²) >= 11 is 0. The summed E-state index contributed by atoms with van der Waals surface area (Å²) in [5.41, 5.74) is 0.00232. The van der Waals surface area contributed by atoms with Crippen LogP contribution < -0.4 is 0 Å². The van der Waals surface area contributed by atoms with Crippen LogP contribution in [0.5, 0.6) is 0 Å². The highest BCUT2D eigenvalue weighted by atomic mass is 32.2. The SMILES string of the molecule is CON=CC(F)(F)[C@H](OC(=O)c1ccccc1)[C@@H](COC(=O)c1ccccc1)OS(C)(=O)=O. The van der Waals surface area contributed by atoms with Gasteiger partial charge in [-0.15, -0.1) is 0 Å². The van der Waals surface area contributed by atoms with Gasteiger partial charge in [-0.05, 0) is 24.3 Å². The fourth-order valence-corrected chi connectivity index (χ4v) is 3.17. The molecule has 2 aromatic rings. The van der Waals surface area contributed by atoms with Crippen molar-refractivity contribution >= 4 is 28.3 Å². The summed E-state index contributed by atoms with van der Waals surface area (Å²) in [5, 5.41) is 2.99. The van der Waals surface area contributed by atoms with Crippen molar-refractivity contribution in [2.75, 3.05) is 20.0 Å². The Kier molecular flexibility index (Phi) is 9.00. The number of nitrogens with zero attached hydrogens (tertiary/aromatic N) is 1. The van der Waals surface area contributed by atoms with Gasteiger partial charge in [-0.3, -0.25) is 4.18 Å². The van der Waals surface area contributed by atoms with Gasteiger partial charge in [-0.1, -0.05) is 41.6 Å². The van der Waals surface area contributed by atoms with Crippen LogP contribution in [0, 0.1) is 0 Å². The number of alkyl halides is 2. The minimum atomic E-state index is -4.35. The van der Waals surface area contributed by atoms with Crippen molar-refractivity contribution in [1.82, 2.24) is 0 Å². The van der Waals surface area contributed by atoms with Crippen molar-refractivity contribution in [1.29, 1.82) is 0 Å². The monoisotopic (exact) mass is 485 g/mol. The number of hydrogen-bond donors (Lipinski definition) is 0. The van der Waals surface area contributed by atoms with Crippen molar-refractivity contribution in [3.63, 3.8) is 0 Å². The number of ether oxygens (including phenoxy) is 2. The number of carbonyl (C=O) groups excluding carboxylic acids is 2. The van der Waals surface area contributed by atoms with E-state index in [1.165, 1.54) is 36.4 Å². The molecule has 0 spiro atoms. The molecule has 0 aliphatic rings. The molecule has 2 atom stereocenters. The highest BCUT2D eigenvalue weighted by Crippen LogP contribution is 2.27. The third kappa shape index (κ3) is 8.24. The van der Waals surface area contributed by atoms with Crippen LogP contribution >= 0.6 is 0 Å². The standard InChI is InChI=1S/C21H21F2NO8S/c1-29-24-14-21(22,23)18(31-20(26)16-11-7-4-8-12-16)17(32-33(2,27)28)13-30-19(25)15-9-5-3-6-10-15/h3-12,14,17-18H,13H2,1-2H3/t17-,18-/m1/s1. The second-order valence-electron chi connectivity index (χ2n) is 6.59. The van der Waals surface area contributed by atoms with Gasteiger partial charge in [0.25, 0.3) is 10.1 Å². The number of esters is 2. The molecule has 0 radical (unpaired) electrons. The van der Waals surface area contributed by atoms with Crippen LogP contribution in [0.1, 0.15) is 20.7 Å². The molecule has 0 aliphatic carbocycles. The summed E-state index contributed by atoms with van der Waals surface area (Å²) in [7, 11) is -3.35. The lowest BCUT2D eigenvalue weighted by atomic mass is 10.1. The molecule has 2 aromatic carbocycles. The Morgan fingerprint density at radius 2 is 1.52 bits per heavy atom. The molecule has 2 rings (SSSR count). The van der Waals surface area contributed by atoms with E-state index >= 15 is 0 Å². The van der Waals surface area contributed by atoms with Crippen LogP contribution in [0.15, 0.2) is 65.8 Å². The lowest BCUT2D eigenvalue weighted by molar-refractivity contribution is -0.118. The molecule has 0 unspecified atom stereocenters. The summed E-state index contributed by atoms with van der Waals surface area (Å²) in [5.74, 6) is -6.20. The number of hydrogen-bond acceptors (Lipinski definition) is 9. The maximum absolute atomic E-state index is 14.9. The highest BCUT2D eigenvalue weighted by Gasteiger charge is 2.49. The molecule has 12 heteroatoms. The first-order valence-corrected chi connectivity index (χ1v) is 11.2. The van der Waals surface area contributed by atoms with E-state index in [4.69, 9.17) is 13.7 Å². The molecule has 0 N–H and O–H groups in total. The Bertz CT molecular complexity index is 1060. The van der Waals surface area contributed by atoms with Crippen LogP contribution in [0.4, 0.5) is 8.78 Å². The van der Waals surface area contributed by atoms with Gasteiger partial charge >= 0.3 is 17.9 Å². The van der Waals surface area contributed by atoms with Gasteiger partial charge in [0, 0.05) is 0 Å². The lowest BCUT2D eigenvalue weighted by Crippen LogP contribution is -2.50. The van der Waals surface area contributed by atoms with Gasteiger partial charge in [0.05, 0.1) is 17.4 Å². The molecular formula is C21H21F2NO8S. The average molecular weight is 485 g/mol. The van der Waals surface area contributed by atoms with Gasteiger partial charge in [-0.25, -0.2) is 9.59 Å². The number of halogens is 2. The van der Waals surface area contributed by atoms with Crippen LogP contribution in [-0.2, 0) is 28.6 Å². The molecule has 0 heterocycles. The van der Waals surface area contributed by atoms with Gasteiger partial charge < -0.3 is 14.3 Å². The molecule has 33 heavy (non-hydrogen) atoms. The normalized spacial score (nSPS) is 13.8. The molecule has 0 bridgehead atoms. The largest absolute Gasteiger partial charge is 0.459 e. The third-order valence-corrected chi connectivity index (χ3v) is 4.57. The molecule has 0 aromatic heterocycles. The summed E-state index contributed by atoms with van der Waals surface area (Å²) < 4.78 is 67.9. The number of oxime groups is 1. The zero-order valence-electron chi connectivity index (χ0n) is 17.6. The van der Waals surface area contributed by atoms with Crippen LogP contribution in [0.25, 0.3) is 0 Å². The van der Waals surface area contributed by atoms with E-state index in [2.05, 4.69) is 9.99 Å². The molecule has 0 fully saturated rings. The van der Waals surface area contributed by atoms with Gasteiger partial charge in [0.1, 0.15) is 19.9 Å². The number of carbonyl (C=O) groups is 2. The third-order valence-electron chi connectivity index (χ3n) is 3.98. The van der Waals surface area contributed by atoms with Gasteiger partial charge in [0.2, 0.25) is 6.10 Å². The maximum Gasteiger partial charge on any atom is 0.338 e. The van der Waals surface area contributed by atoms with Gasteiger partial charge in [0.15, 0.2) is 6.10 Å². The van der Waals surface area contributed by atoms with E-state index in [1.807, 2.05) is 0 Å². The van der Waals surface area contributed by atoms with Crippen molar-refractivity contribution < 1.29 is 45.3 Å². The zero-order valence-corrected chi connectivity index (χ0v) is 18.4. The lowest BCUT2D eigenvalue weighted by Gasteiger charge is -2.29. The zero-order chi connectivity index (χ0) is 24.5. The quantitative estimate of drug-likeness (QED) is 0.206. The summed E-state index contributed by atoms with van der Waals surface area (Å²) in [6.45, 7) is -0.982. The van der Waals surface area contributed by atoms with Crippen LogP contribution in [0.3, 0.4) is 0 Å². The van der Waals surface area contributed by atoms with E-state index in [1.54, 1.807) is 24.3 Å². The van der Waals surface area contributed by atoms with E-state index < -0.39 is 46.8 Å². The van der Waals surface area contributed by atoms with E-state index in [9.17, 15) is 26.8 Å². The van der Waals surface area contributed by atoms with Crippen molar-refractivity contribution in [2.24, 2.45) is 5.16 Å². The first-order chi connectivity index (χ1) is 15.5. The average Bonchev–Trinajstić information content (AvgIpc) is 2.79. The number of rotatable bonds is 11. The van der Waals surface area contributed by atoms with Crippen molar-refractivity contribution in [3.05, 3.63) is 71.8 Å². The second kappa shape index (κ2) is 11.5. The second-order valence-corrected chi connectivity index (χ2v) is 8.19. The van der Waals surface area contributed by atoms with E-state index in [-0.39, 0.29) is 17.3 Å². The van der Waals surface area contributed by atoms with E-state index in [0.29, 0.717) is 6.26 Å². The fraction of sp³-hybridized carbons (Fsp3) is 0.286. The molecule has 0 amide bonds. The van der Waals surface area contributed by atoms with Crippen LogP contribution in [-0.4, -0.2) is 64.7 Å².